The Balaban J connectivity index is 1.35. The number of pyridine rings is 1. The second-order valence-corrected chi connectivity index (χ2v) is 7.99. The molecule has 0 fully saturated rings. The Hall–Kier alpha value is -2.98. The molecule has 1 aromatic heterocycles. The van der Waals surface area contributed by atoms with Crippen LogP contribution < -0.4 is 5.32 Å². The van der Waals surface area contributed by atoms with Gasteiger partial charge in [-0.05, 0) is 47.1 Å². The number of hydrogen-bond donors (Lipinski definition) is 1. The van der Waals surface area contributed by atoms with E-state index in [2.05, 4.69) is 70.7 Å². The Kier molecular flexibility index (Phi) is 6.55. The summed E-state index contributed by atoms with van der Waals surface area (Å²) in [6.07, 6.45) is 6.93. The zero-order chi connectivity index (χ0) is 20.8. The van der Waals surface area contributed by atoms with Gasteiger partial charge in [-0.1, -0.05) is 61.5 Å². The molecule has 0 saturated heterocycles. The van der Waals surface area contributed by atoms with Gasteiger partial charge in [-0.25, -0.2) is 0 Å². The molecular formula is C26H29N3O. The smallest absolute Gasteiger partial charge is 0.224 e. The summed E-state index contributed by atoms with van der Waals surface area (Å²) in [5.74, 6) is 0.0523. The third-order valence-corrected chi connectivity index (χ3v) is 5.81. The highest BCUT2D eigenvalue weighted by molar-refractivity contribution is 5.91. The Labute approximate surface area is 179 Å². The number of nitrogens with one attached hydrogen (secondary N) is 1. The molecule has 1 amide bonds. The fraction of sp³-hybridized carbons (Fsp3) is 0.308. The van der Waals surface area contributed by atoms with E-state index in [-0.39, 0.29) is 5.91 Å². The minimum atomic E-state index is 0.0523. The molecule has 0 radical (unpaired) electrons. The van der Waals surface area contributed by atoms with Crippen molar-refractivity contribution in [1.82, 2.24) is 9.88 Å². The number of fused-ring (bicyclic) bond motifs is 1. The normalized spacial score (nSPS) is 13.6. The number of aryl methyl sites for hydroxylation is 2. The van der Waals surface area contributed by atoms with Crippen LogP contribution in [0.5, 0.6) is 0 Å². The monoisotopic (exact) mass is 399 g/mol. The fourth-order valence-electron chi connectivity index (χ4n) is 4.05. The van der Waals surface area contributed by atoms with E-state index in [1.54, 1.807) is 6.20 Å². The maximum atomic E-state index is 12.6. The summed E-state index contributed by atoms with van der Waals surface area (Å²) in [6.45, 7) is 4.94. The van der Waals surface area contributed by atoms with Crippen LogP contribution in [0.3, 0.4) is 0 Å². The summed E-state index contributed by atoms with van der Waals surface area (Å²) < 4.78 is 0. The molecule has 1 N–H and O–H groups in total. The van der Waals surface area contributed by atoms with E-state index in [0.717, 1.165) is 44.6 Å². The van der Waals surface area contributed by atoms with E-state index in [1.807, 2.05) is 12.3 Å². The molecule has 0 saturated carbocycles. The second-order valence-electron chi connectivity index (χ2n) is 7.99. The van der Waals surface area contributed by atoms with Crippen LogP contribution in [0.1, 0.15) is 41.2 Å². The third-order valence-electron chi connectivity index (χ3n) is 5.81. The number of amides is 1. The maximum absolute atomic E-state index is 12.6. The van der Waals surface area contributed by atoms with Gasteiger partial charge < -0.3 is 5.32 Å². The molecule has 4 rings (SSSR count). The van der Waals surface area contributed by atoms with Crippen molar-refractivity contribution in [2.75, 3.05) is 11.9 Å². The minimum absolute atomic E-state index is 0.0523. The Morgan fingerprint density at radius 3 is 2.53 bits per heavy atom. The summed E-state index contributed by atoms with van der Waals surface area (Å²) >= 11 is 0. The molecule has 0 aliphatic carbocycles. The molecule has 2 heterocycles. The summed E-state index contributed by atoms with van der Waals surface area (Å²) in [4.78, 5) is 19.4. The second kappa shape index (κ2) is 9.68. The number of rotatable bonds is 7. The van der Waals surface area contributed by atoms with Gasteiger partial charge in [0.25, 0.3) is 0 Å². The summed E-state index contributed by atoms with van der Waals surface area (Å²) in [6, 6.07) is 19.1. The van der Waals surface area contributed by atoms with Crippen LogP contribution in [0.15, 0.2) is 67.0 Å². The molecule has 4 nitrogen and oxygen atoms in total. The lowest BCUT2D eigenvalue weighted by Crippen LogP contribution is -2.31. The molecule has 1 aliphatic rings. The average molecular weight is 400 g/mol. The highest BCUT2D eigenvalue weighted by Crippen LogP contribution is 2.26. The predicted octanol–water partition coefficient (Wildman–Crippen LogP) is 4.77. The van der Waals surface area contributed by atoms with Crippen molar-refractivity contribution < 1.29 is 4.79 Å². The largest absolute Gasteiger partial charge is 0.324 e. The first kappa shape index (κ1) is 20.3. The molecule has 3 aromatic rings. The lowest BCUT2D eigenvalue weighted by atomic mass is 9.99. The zero-order valence-corrected chi connectivity index (χ0v) is 17.6. The van der Waals surface area contributed by atoms with Crippen LogP contribution >= 0.6 is 0 Å². The number of benzene rings is 2. The highest BCUT2D eigenvalue weighted by atomic mass is 16.1. The Morgan fingerprint density at radius 2 is 1.77 bits per heavy atom. The van der Waals surface area contributed by atoms with Crippen molar-refractivity contribution in [3.8, 4) is 0 Å². The van der Waals surface area contributed by atoms with Crippen molar-refractivity contribution in [3.63, 3.8) is 0 Å². The maximum Gasteiger partial charge on any atom is 0.224 e. The molecule has 0 unspecified atom stereocenters. The van der Waals surface area contributed by atoms with Gasteiger partial charge in [0.1, 0.15) is 0 Å². The highest BCUT2D eigenvalue weighted by Gasteiger charge is 2.20. The third kappa shape index (κ3) is 5.14. The standard InChI is InChI=1S/C26H29N3O/c1-2-20-8-10-21(11-9-20)12-13-26(30)28-25-17-27-16-23-19-29(15-14-24(23)25)18-22-6-4-3-5-7-22/h3-11,16-17H,2,12-15,18-19H2,1H3,(H,28,30). The zero-order valence-electron chi connectivity index (χ0n) is 17.6. The number of carbonyl (C=O) groups is 1. The van der Waals surface area contributed by atoms with Gasteiger partial charge >= 0.3 is 0 Å². The number of nitrogens with zero attached hydrogens (tertiary/aromatic N) is 2. The predicted molar refractivity (Wildman–Crippen MR) is 121 cm³/mol. The molecule has 0 atom stereocenters. The molecule has 1 aliphatic heterocycles. The Morgan fingerprint density at radius 1 is 1.00 bits per heavy atom. The number of aromatic nitrogens is 1. The average Bonchev–Trinajstić information content (AvgIpc) is 2.79. The Bertz CT molecular complexity index is 983. The first-order valence-electron chi connectivity index (χ1n) is 10.8. The van der Waals surface area contributed by atoms with E-state index < -0.39 is 0 Å². The molecular weight excluding hydrogens is 370 g/mol. The number of hydrogen-bond acceptors (Lipinski definition) is 3. The van der Waals surface area contributed by atoms with Crippen LogP contribution in [0.25, 0.3) is 0 Å². The van der Waals surface area contributed by atoms with Crippen LogP contribution in [-0.2, 0) is 37.1 Å². The van der Waals surface area contributed by atoms with Crippen LogP contribution in [0.2, 0.25) is 0 Å². The van der Waals surface area contributed by atoms with Gasteiger partial charge in [0.2, 0.25) is 5.91 Å². The first-order chi connectivity index (χ1) is 14.7. The number of carbonyl (C=O) groups excluding carboxylic acids is 1. The van der Waals surface area contributed by atoms with Gasteiger partial charge in [0.15, 0.2) is 0 Å². The van der Waals surface area contributed by atoms with Gasteiger partial charge in [0.05, 0.1) is 11.9 Å². The quantitative estimate of drug-likeness (QED) is 0.622. The number of anilines is 1. The van der Waals surface area contributed by atoms with Crippen molar-refractivity contribution >= 4 is 11.6 Å². The summed E-state index contributed by atoms with van der Waals surface area (Å²) in [5.41, 5.74) is 7.17. The van der Waals surface area contributed by atoms with Gasteiger partial charge in [-0.2, -0.15) is 0 Å². The van der Waals surface area contributed by atoms with Crippen molar-refractivity contribution in [2.24, 2.45) is 0 Å². The minimum Gasteiger partial charge on any atom is -0.324 e. The van der Waals surface area contributed by atoms with Gasteiger partial charge in [0, 0.05) is 32.3 Å². The molecule has 154 valence electrons. The van der Waals surface area contributed by atoms with Crippen LogP contribution in [0, 0.1) is 0 Å². The molecule has 2 aromatic carbocycles. The van der Waals surface area contributed by atoms with Gasteiger partial charge in [-0.15, -0.1) is 0 Å². The topological polar surface area (TPSA) is 45.2 Å². The van der Waals surface area contributed by atoms with Crippen molar-refractivity contribution in [2.45, 2.75) is 45.7 Å². The molecule has 0 spiro atoms. The summed E-state index contributed by atoms with van der Waals surface area (Å²) in [7, 11) is 0. The van der Waals surface area contributed by atoms with E-state index in [4.69, 9.17) is 0 Å². The fourth-order valence-corrected chi connectivity index (χ4v) is 4.05. The van der Waals surface area contributed by atoms with E-state index in [9.17, 15) is 4.79 Å². The first-order valence-corrected chi connectivity index (χ1v) is 10.8. The lowest BCUT2D eigenvalue weighted by molar-refractivity contribution is -0.116. The van der Waals surface area contributed by atoms with E-state index >= 15 is 0 Å². The SMILES string of the molecule is CCc1ccc(CCC(=O)Nc2cncc3c2CCN(Cc2ccccc2)C3)cc1. The molecule has 4 heteroatoms. The van der Waals surface area contributed by atoms with Crippen molar-refractivity contribution in [3.05, 3.63) is 94.8 Å². The van der Waals surface area contributed by atoms with Crippen LogP contribution in [0.4, 0.5) is 5.69 Å². The van der Waals surface area contributed by atoms with Gasteiger partial charge in [-0.3, -0.25) is 14.7 Å². The summed E-state index contributed by atoms with van der Waals surface area (Å²) in [5, 5.41) is 3.11. The molecule has 30 heavy (non-hydrogen) atoms. The molecule has 0 bridgehead atoms. The van der Waals surface area contributed by atoms with E-state index in [0.29, 0.717) is 6.42 Å². The van der Waals surface area contributed by atoms with Crippen molar-refractivity contribution in [1.29, 1.82) is 0 Å². The van der Waals surface area contributed by atoms with Crippen LogP contribution in [-0.4, -0.2) is 22.3 Å². The lowest BCUT2D eigenvalue weighted by Gasteiger charge is -2.29. The van der Waals surface area contributed by atoms with E-state index in [1.165, 1.54) is 27.8 Å².